The van der Waals surface area contributed by atoms with Crippen molar-refractivity contribution in [3.05, 3.63) is 39.8 Å². The second-order valence-electron chi connectivity index (χ2n) is 10.8. The molecule has 3 rings (SSSR count). The minimum absolute atomic E-state index is 0.0628. The van der Waals surface area contributed by atoms with Crippen molar-refractivity contribution < 1.29 is 14.3 Å². The van der Waals surface area contributed by atoms with Crippen molar-refractivity contribution in [2.75, 3.05) is 0 Å². The van der Waals surface area contributed by atoms with Gasteiger partial charge in [0.2, 0.25) is 0 Å². The number of halogens is 1. The van der Waals surface area contributed by atoms with Gasteiger partial charge in [-0.3, -0.25) is 9.59 Å². The number of carbonyl (C=O) groups excluding carboxylic acids is 1. The molecule has 0 saturated heterocycles. The van der Waals surface area contributed by atoms with Crippen molar-refractivity contribution in [1.29, 1.82) is 0 Å². The predicted molar refractivity (Wildman–Crippen MR) is 134 cm³/mol. The number of aromatic nitrogens is 1. The highest BCUT2D eigenvalue weighted by atomic mass is 35.5. The van der Waals surface area contributed by atoms with Crippen molar-refractivity contribution in [3.63, 3.8) is 0 Å². The van der Waals surface area contributed by atoms with E-state index in [0.29, 0.717) is 28.5 Å². The number of pyridine rings is 1. The van der Waals surface area contributed by atoms with Crippen LogP contribution < -0.4 is 10.3 Å². The van der Waals surface area contributed by atoms with E-state index in [-0.39, 0.29) is 29.0 Å². The van der Waals surface area contributed by atoms with Gasteiger partial charge in [-0.25, -0.2) is 0 Å². The van der Waals surface area contributed by atoms with E-state index < -0.39 is 5.60 Å². The van der Waals surface area contributed by atoms with Crippen molar-refractivity contribution in [2.24, 2.45) is 17.3 Å². The van der Waals surface area contributed by atoms with Gasteiger partial charge >= 0.3 is 5.97 Å². The summed E-state index contributed by atoms with van der Waals surface area (Å²) in [4.78, 5) is 27.3. The summed E-state index contributed by atoms with van der Waals surface area (Å²) in [5.74, 6) is 1.26. The third-order valence-electron chi connectivity index (χ3n) is 7.27. The van der Waals surface area contributed by atoms with Crippen LogP contribution >= 0.6 is 11.6 Å². The van der Waals surface area contributed by atoms with E-state index in [2.05, 4.69) is 25.8 Å². The van der Waals surface area contributed by atoms with Crippen LogP contribution in [0.5, 0.6) is 5.75 Å². The Hall–Kier alpha value is -2.01. The second kappa shape index (κ2) is 10.1. The number of nitrogens with one attached hydrogen (secondary N) is 1. The summed E-state index contributed by atoms with van der Waals surface area (Å²) < 4.78 is 12.0. The first-order chi connectivity index (χ1) is 15.4. The molecule has 1 aromatic carbocycles. The molecule has 1 fully saturated rings. The summed E-state index contributed by atoms with van der Waals surface area (Å²) in [6, 6.07) is 5.39. The minimum atomic E-state index is -0.462. The first-order valence-corrected chi connectivity index (χ1v) is 12.5. The SMILES string of the molecule is CCC(CC(=O)OC(C)(C)C)C1(C(C)C)CCC(Oc2cc3cc[nH]c(=O)c3cc2Cl)CC1. The third kappa shape index (κ3) is 5.92. The molecule has 0 aliphatic heterocycles. The van der Waals surface area contributed by atoms with Crippen molar-refractivity contribution >= 4 is 28.3 Å². The molecule has 33 heavy (non-hydrogen) atoms. The standard InChI is InChI=1S/C27H38ClNO4/c1-7-19(15-24(30)33-26(4,5)6)27(17(2)3)11-8-20(9-12-27)32-23-14-18-10-13-29-25(31)21(18)16-22(23)28/h10,13-14,16-17,19-20H,7-9,11-12,15H2,1-6H3,(H,29,31). The molecule has 0 amide bonds. The zero-order valence-corrected chi connectivity index (χ0v) is 21.6. The quantitative estimate of drug-likeness (QED) is 0.442. The molecule has 1 unspecified atom stereocenters. The van der Waals surface area contributed by atoms with Gasteiger partial charge in [-0.05, 0) is 87.3 Å². The average Bonchev–Trinajstić information content (AvgIpc) is 2.72. The average molecular weight is 476 g/mol. The number of ether oxygens (including phenoxy) is 2. The van der Waals surface area contributed by atoms with E-state index in [4.69, 9.17) is 21.1 Å². The van der Waals surface area contributed by atoms with Crippen LogP contribution in [0.1, 0.15) is 80.1 Å². The highest BCUT2D eigenvalue weighted by molar-refractivity contribution is 6.32. The molecule has 6 heteroatoms. The van der Waals surface area contributed by atoms with Crippen molar-refractivity contribution in [3.8, 4) is 5.75 Å². The number of benzene rings is 1. The zero-order valence-electron chi connectivity index (χ0n) is 20.8. The fourth-order valence-corrected chi connectivity index (χ4v) is 5.71. The Balaban J connectivity index is 1.72. The second-order valence-corrected chi connectivity index (χ2v) is 11.2. The summed E-state index contributed by atoms with van der Waals surface area (Å²) in [5.41, 5.74) is -0.530. The molecule has 5 nitrogen and oxygen atoms in total. The lowest BCUT2D eigenvalue weighted by atomic mass is 9.58. The smallest absolute Gasteiger partial charge is 0.306 e. The Morgan fingerprint density at radius 2 is 1.91 bits per heavy atom. The van der Waals surface area contributed by atoms with Crippen LogP contribution in [0.2, 0.25) is 5.02 Å². The van der Waals surface area contributed by atoms with Crippen molar-refractivity contribution in [1.82, 2.24) is 4.98 Å². The Morgan fingerprint density at radius 3 is 2.48 bits per heavy atom. The number of aromatic amines is 1. The molecule has 1 aliphatic rings. The Labute approximate surface area is 202 Å². The van der Waals surface area contributed by atoms with E-state index in [0.717, 1.165) is 37.5 Å². The largest absolute Gasteiger partial charge is 0.489 e. The lowest BCUT2D eigenvalue weighted by Crippen LogP contribution is -2.43. The van der Waals surface area contributed by atoms with Crippen molar-refractivity contribution in [2.45, 2.75) is 91.8 Å². The maximum Gasteiger partial charge on any atom is 0.306 e. The van der Waals surface area contributed by atoms with Gasteiger partial charge in [-0.2, -0.15) is 0 Å². The third-order valence-corrected chi connectivity index (χ3v) is 7.57. The fraction of sp³-hybridized carbons (Fsp3) is 0.630. The predicted octanol–water partition coefficient (Wildman–Crippen LogP) is 6.90. The van der Waals surface area contributed by atoms with Gasteiger partial charge < -0.3 is 14.5 Å². The van der Waals surface area contributed by atoms with E-state index in [9.17, 15) is 9.59 Å². The summed E-state index contributed by atoms with van der Waals surface area (Å²) in [7, 11) is 0. The first-order valence-electron chi connectivity index (χ1n) is 12.1. The van der Waals surface area contributed by atoms with E-state index >= 15 is 0 Å². The number of carbonyl (C=O) groups is 1. The topological polar surface area (TPSA) is 68.4 Å². The number of H-pyrrole nitrogens is 1. The number of fused-ring (bicyclic) bond motifs is 1. The molecule has 182 valence electrons. The number of rotatable bonds is 7. The summed E-state index contributed by atoms with van der Waals surface area (Å²) in [5, 5.41) is 1.83. The van der Waals surface area contributed by atoms with Gasteiger partial charge in [0.15, 0.2) is 0 Å². The lowest BCUT2D eigenvalue weighted by Gasteiger charge is -2.48. The molecular formula is C27H38ClNO4. The maximum atomic E-state index is 12.6. The Bertz CT molecular complexity index is 1030. The van der Waals surface area contributed by atoms with Crippen LogP contribution in [0.15, 0.2) is 29.2 Å². The van der Waals surface area contributed by atoms with Crippen LogP contribution in [-0.2, 0) is 9.53 Å². The number of hydrogen-bond acceptors (Lipinski definition) is 4. The van der Waals surface area contributed by atoms with Gasteiger partial charge in [-0.15, -0.1) is 0 Å². The van der Waals surface area contributed by atoms with E-state index in [1.165, 1.54) is 0 Å². The van der Waals surface area contributed by atoms with E-state index in [1.807, 2.05) is 32.9 Å². The number of hydrogen-bond donors (Lipinski definition) is 1. The molecule has 0 radical (unpaired) electrons. The summed E-state index contributed by atoms with van der Waals surface area (Å²) in [6.45, 7) is 12.5. The molecule has 1 aliphatic carbocycles. The normalized spacial score (nSPS) is 22.4. The first kappa shape index (κ1) is 25.6. The van der Waals surface area contributed by atoms with Gasteiger partial charge in [0.05, 0.1) is 11.1 Å². The van der Waals surface area contributed by atoms with Crippen LogP contribution in [0.4, 0.5) is 0 Å². The highest BCUT2D eigenvalue weighted by Gasteiger charge is 2.45. The molecule has 1 N–H and O–H groups in total. The van der Waals surface area contributed by atoms with Crippen LogP contribution in [0.3, 0.4) is 0 Å². The van der Waals surface area contributed by atoms with Gasteiger partial charge in [0.25, 0.3) is 5.56 Å². The molecule has 1 saturated carbocycles. The molecule has 1 atom stereocenters. The molecule has 0 bridgehead atoms. The van der Waals surface area contributed by atoms with Gasteiger partial charge in [-0.1, -0.05) is 38.8 Å². The number of esters is 1. The molecular weight excluding hydrogens is 438 g/mol. The molecule has 2 aromatic rings. The van der Waals surface area contributed by atoms with Crippen LogP contribution in [0.25, 0.3) is 10.8 Å². The summed E-state index contributed by atoms with van der Waals surface area (Å²) in [6.07, 6.45) is 6.93. The molecule has 1 heterocycles. The zero-order chi connectivity index (χ0) is 24.4. The van der Waals surface area contributed by atoms with Gasteiger partial charge in [0.1, 0.15) is 11.4 Å². The maximum absolute atomic E-state index is 12.6. The lowest BCUT2D eigenvalue weighted by molar-refractivity contribution is -0.158. The Kier molecular flexibility index (Phi) is 7.83. The highest BCUT2D eigenvalue weighted by Crippen LogP contribution is 2.51. The van der Waals surface area contributed by atoms with Gasteiger partial charge in [0, 0.05) is 18.0 Å². The monoisotopic (exact) mass is 475 g/mol. The molecule has 0 spiro atoms. The minimum Gasteiger partial charge on any atom is -0.489 e. The fourth-order valence-electron chi connectivity index (χ4n) is 5.50. The van der Waals surface area contributed by atoms with Crippen LogP contribution in [-0.4, -0.2) is 22.7 Å². The Morgan fingerprint density at radius 1 is 1.24 bits per heavy atom. The molecule has 1 aromatic heterocycles. The summed E-state index contributed by atoms with van der Waals surface area (Å²) >= 11 is 6.45. The van der Waals surface area contributed by atoms with Crippen LogP contribution in [0, 0.1) is 17.3 Å². The van der Waals surface area contributed by atoms with E-state index in [1.54, 1.807) is 12.3 Å².